The van der Waals surface area contributed by atoms with Crippen LogP contribution in [0.1, 0.15) is 16.8 Å². The number of amides is 1. The van der Waals surface area contributed by atoms with Crippen molar-refractivity contribution in [3.05, 3.63) is 76.8 Å². The van der Waals surface area contributed by atoms with Crippen molar-refractivity contribution in [3.63, 3.8) is 0 Å². The van der Waals surface area contributed by atoms with Gasteiger partial charge in [-0.15, -0.1) is 11.3 Å². The molecular weight excluding hydrogens is 452 g/mol. The maximum atomic E-state index is 12.1. The zero-order valence-electron chi connectivity index (χ0n) is 17.2. The molecule has 10 N–H and O–H groups in total. The molecule has 0 aliphatic heterocycles. The summed E-state index contributed by atoms with van der Waals surface area (Å²) < 4.78 is 0. The number of aliphatic hydroxyl groups is 6. The molecule has 33 heavy (non-hydrogen) atoms. The molecule has 3 rings (SSSR count). The van der Waals surface area contributed by atoms with Crippen LogP contribution >= 0.6 is 11.3 Å². The van der Waals surface area contributed by atoms with Crippen LogP contribution in [-0.2, 0) is 23.4 Å². The topological polar surface area (TPSA) is 201 Å². The van der Waals surface area contributed by atoms with Crippen molar-refractivity contribution in [2.24, 2.45) is 0 Å². The summed E-state index contributed by atoms with van der Waals surface area (Å²) in [5.41, 5.74) is 6.35. The summed E-state index contributed by atoms with van der Waals surface area (Å²) >= 11 is 1.21. The number of thiazole rings is 1. The van der Waals surface area contributed by atoms with Crippen LogP contribution in [-0.4, -0.2) is 53.4 Å². The minimum Gasteiger partial charge on any atom is -0.375 e. The molecular formula is C21H24N4O7S. The van der Waals surface area contributed by atoms with Crippen LogP contribution in [0.4, 0.5) is 10.8 Å². The molecule has 0 bridgehead atoms. The van der Waals surface area contributed by atoms with Crippen molar-refractivity contribution in [2.45, 2.75) is 30.5 Å². The average Bonchev–Trinajstić information content (AvgIpc) is 3.12. The Morgan fingerprint density at radius 1 is 0.970 bits per heavy atom. The molecule has 3 aromatic rings. The maximum Gasteiger partial charge on any atom is 0.288 e. The van der Waals surface area contributed by atoms with Crippen molar-refractivity contribution < 1.29 is 35.4 Å². The lowest BCUT2D eigenvalue weighted by atomic mass is 10.0. The summed E-state index contributed by atoms with van der Waals surface area (Å²) in [5, 5.41) is 67.7. The van der Waals surface area contributed by atoms with Gasteiger partial charge in [0.25, 0.3) is 11.7 Å². The molecule has 0 aliphatic rings. The first-order chi connectivity index (χ1) is 15.4. The third-order valence-electron chi connectivity index (χ3n) is 4.64. The number of hydrogen-bond donors (Lipinski definition) is 9. The molecule has 0 fully saturated rings. The summed E-state index contributed by atoms with van der Waals surface area (Å²) in [6.07, 6.45) is -0.501. The number of nitrogen functional groups attached to an aromatic ring is 1. The Labute approximate surface area is 192 Å². The smallest absolute Gasteiger partial charge is 0.288 e. The molecule has 0 spiro atoms. The zero-order chi connectivity index (χ0) is 24.3. The lowest BCUT2D eigenvalue weighted by molar-refractivity contribution is -0.407. The summed E-state index contributed by atoms with van der Waals surface area (Å²) in [7, 11) is 0. The Kier molecular flexibility index (Phi) is 7.11. The van der Waals surface area contributed by atoms with E-state index in [2.05, 4.69) is 10.3 Å². The van der Waals surface area contributed by atoms with E-state index in [0.29, 0.717) is 22.1 Å². The van der Waals surface area contributed by atoms with Gasteiger partial charge in [0.1, 0.15) is 0 Å². The second kappa shape index (κ2) is 9.51. The first-order valence-electron chi connectivity index (χ1n) is 9.66. The highest BCUT2D eigenvalue weighted by atomic mass is 32.1. The van der Waals surface area contributed by atoms with Crippen molar-refractivity contribution in [1.29, 1.82) is 0 Å². The minimum atomic E-state index is -3.57. The fourth-order valence-corrected chi connectivity index (χ4v) is 3.61. The van der Waals surface area contributed by atoms with Crippen LogP contribution in [0, 0.1) is 0 Å². The van der Waals surface area contributed by atoms with Crippen LogP contribution in [0.2, 0.25) is 0 Å². The lowest BCUT2D eigenvalue weighted by Gasteiger charge is -2.39. The SMILES string of the molecule is Nc1nc(CC(=O)Nc2ccc(C(O)(O)C(O)(O)NC(O)(O)Cc3ccccc3)cc2)cs1. The van der Waals surface area contributed by atoms with E-state index in [-0.39, 0.29) is 12.3 Å². The molecule has 1 aromatic heterocycles. The molecule has 2 aromatic carbocycles. The Bertz CT molecular complexity index is 1090. The normalized spacial score (nSPS) is 12.5. The standard InChI is InChI=1S/C21H24N4O7S/c22-18-24-16(12-33-18)10-17(26)23-15-8-6-14(7-9-15)20(29,30)21(31,32)25-19(27,28)11-13-4-2-1-3-5-13/h1-9,12,25,27-32H,10-11H2,(H2,22,24)(H,23,26). The van der Waals surface area contributed by atoms with Crippen molar-refractivity contribution in [3.8, 4) is 0 Å². The van der Waals surface area contributed by atoms with Crippen LogP contribution in [0.25, 0.3) is 0 Å². The Balaban J connectivity index is 1.67. The highest BCUT2D eigenvalue weighted by molar-refractivity contribution is 7.13. The van der Waals surface area contributed by atoms with Crippen LogP contribution in [0.5, 0.6) is 0 Å². The number of carbonyl (C=O) groups is 1. The van der Waals surface area contributed by atoms with E-state index in [9.17, 15) is 35.4 Å². The van der Waals surface area contributed by atoms with Gasteiger partial charge in [0, 0.05) is 23.1 Å². The fraction of sp³-hybridized carbons (Fsp3) is 0.238. The van der Waals surface area contributed by atoms with Crippen LogP contribution < -0.4 is 16.4 Å². The van der Waals surface area contributed by atoms with E-state index in [1.54, 1.807) is 41.0 Å². The number of rotatable bonds is 9. The second-order valence-corrected chi connectivity index (χ2v) is 8.32. The number of benzene rings is 2. The Morgan fingerprint density at radius 3 is 2.18 bits per heavy atom. The number of anilines is 2. The molecule has 176 valence electrons. The van der Waals surface area contributed by atoms with Gasteiger partial charge in [-0.1, -0.05) is 42.5 Å². The van der Waals surface area contributed by atoms with Gasteiger partial charge in [0.05, 0.1) is 12.1 Å². The summed E-state index contributed by atoms with van der Waals surface area (Å²) in [5.74, 6) is -10.2. The van der Waals surface area contributed by atoms with Crippen LogP contribution in [0.3, 0.4) is 0 Å². The summed E-state index contributed by atoms with van der Waals surface area (Å²) in [6, 6.07) is 13.0. The molecule has 12 heteroatoms. The van der Waals surface area contributed by atoms with Gasteiger partial charge in [0.15, 0.2) is 5.13 Å². The molecule has 11 nitrogen and oxygen atoms in total. The zero-order valence-corrected chi connectivity index (χ0v) is 18.0. The highest BCUT2D eigenvalue weighted by Gasteiger charge is 2.52. The van der Waals surface area contributed by atoms with Gasteiger partial charge in [-0.25, -0.2) is 10.3 Å². The van der Waals surface area contributed by atoms with E-state index in [4.69, 9.17) is 5.73 Å². The maximum absolute atomic E-state index is 12.1. The molecule has 0 saturated heterocycles. The van der Waals surface area contributed by atoms with Gasteiger partial charge in [-0.3, -0.25) is 4.79 Å². The van der Waals surface area contributed by atoms with Crippen LogP contribution in [0.15, 0.2) is 60.0 Å². The highest BCUT2D eigenvalue weighted by Crippen LogP contribution is 2.29. The van der Waals surface area contributed by atoms with E-state index >= 15 is 0 Å². The third-order valence-corrected chi connectivity index (χ3v) is 5.36. The number of nitrogens with one attached hydrogen (secondary N) is 2. The first-order valence-corrected chi connectivity index (χ1v) is 10.5. The molecule has 0 saturated carbocycles. The van der Waals surface area contributed by atoms with Crippen molar-refractivity contribution in [1.82, 2.24) is 10.3 Å². The van der Waals surface area contributed by atoms with Gasteiger partial charge >= 0.3 is 0 Å². The van der Waals surface area contributed by atoms with Gasteiger partial charge < -0.3 is 41.7 Å². The lowest BCUT2D eigenvalue weighted by Crippen LogP contribution is -2.68. The fourth-order valence-electron chi connectivity index (χ4n) is 3.05. The second-order valence-electron chi connectivity index (χ2n) is 7.43. The van der Waals surface area contributed by atoms with Gasteiger partial charge in [-0.2, -0.15) is 0 Å². The Hall–Kier alpha value is -2.94. The molecule has 1 amide bonds. The van der Waals surface area contributed by atoms with E-state index in [0.717, 1.165) is 12.1 Å². The largest absolute Gasteiger partial charge is 0.375 e. The number of nitrogens with two attached hydrogens (primary N) is 1. The minimum absolute atomic E-state index is 0.0177. The molecule has 0 radical (unpaired) electrons. The third kappa shape index (κ3) is 6.31. The molecule has 0 atom stereocenters. The van der Waals surface area contributed by atoms with Gasteiger partial charge in [-0.05, 0) is 17.7 Å². The number of aromatic nitrogens is 1. The summed E-state index contributed by atoms with van der Waals surface area (Å²) in [6.45, 7) is 0. The average molecular weight is 477 g/mol. The number of carbonyl (C=O) groups excluding carboxylic acids is 1. The monoisotopic (exact) mass is 476 g/mol. The summed E-state index contributed by atoms with van der Waals surface area (Å²) in [4.78, 5) is 16.1. The quantitative estimate of drug-likeness (QED) is 0.175. The predicted molar refractivity (Wildman–Crippen MR) is 119 cm³/mol. The number of nitrogens with zero attached hydrogens (tertiary/aromatic N) is 1. The molecule has 0 aliphatic carbocycles. The van der Waals surface area contributed by atoms with Crippen molar-refractivity contribution in [2.75, 3.05) is 11.1 Å². The Morgan fingerprint density at radius 2 is 1.61 bits per heavy atom. The van der Waals surface area contributed by atoms with E-state index < -0.39 is 29.6 Å². The molecule has 0 unspecified atom stereocenters. The van der Waals surface area contributed by atoms with Gasteiger partial charge in [0.2, 0.25) is 11.8 Å². The van der Waals surface area contributed by atoms with Crippen molar-refractivity contribution >= 4 is 28.1 Å². The first kappa shape index (κ1) is 24.7. The molecule has 1 heterocycles. The number of hydrogen-bond acceptors (Lipinski definition) is 11. The van der Waals surface area contributed by atoms with E-state index in [1.807, 2.05) is 0 Å². The predicted octanol–water partition coefficient (Wildman–Crippen LogP) is -0.847. The van der Waals surface area contributed by atoms with E-state index in [1.165, 1.54) is 23.5 Å².